The van der Waals surface area contributed by atoms with Crippen LogP contribution < -0.4 is 15.4 Å². The molecule has 6 nitrogen and oxygen atoms in total. The van der Waals surface area contributed by atoms with Gasteiger partial charge in [0.05, 0.1) is 6.54 Å². The monoisotopic (exact) mass is 272 g/mol. The predicted molar refractivity (Wildman–Crippen MR) is 73.1 cm³/mol. The van der Waals surface area contributed by atoms with Gasteiger partial charge in [0.2, 0.25) is 5.91 Å². The molecule has 2 aromatic rings. The first-order valence-electron chi connectivity index (χ1n) is 6.55. The molecule has 0 radical (unpaired) electrons. The second kappa shape index (κ2) is 5.75. The second-order valence-corrected chi connectivity index (χ2v) is 4.53. The highest BCUT2D eigenvalue weighted by molar-refractivity contribution is 5.84. The number of hydrogen-bond donors (Lipinski definition) is 3. The number of para-hydroxylation sites is 1. The third kappa shape index (κ3) is 2.65. The van der Waals surface area contributed by atoms with E-state index in [4.69, 9.17) is 4.74 Å². The molecule has 0 fully saturated rings. The summed E-state index contributed by atoms with van der Waals surface area (Å²) in [4.78, 5) is 19.4. The molecule has 104 valence electrons. The number of aromatic nitrogens is 2. The first kappa shape index (κ1) is 12.7. The van der Waals surface area contributed by atoms with Gasteiger partial charge in [0.25, 0.3) is 0 Å². The lowest BCUT2D eigenvalue weighted by Gasteiger charge is -2.16. The topological polar surface area (TPSA) is 79.0 Å². The molecule has 20 heavy (non-hydrogen) atoms. The van der Waals surface area contributed by atoms with Gasteiger partial charge in [0.15, 0.2) is 0 Å². The summed E-state index contributed by atoms with van der Waals surface area (Å²) in [6, 6.07) is 7.20. The molecule has 0 spiro atoms. The van der Waals surface area contributed by atoms with E-state index in [1.54, 1.807) is 12.4 Å². The number of nitrogens with zero attached hydrogens (tertiary/aromatic N) is 1. The smallest absolute Gasteiger partial charge is 0.242 e. The summed E-state index contributed by atoms with van der Waals surface area (Å²) in [5, 5.41) is 6.07. The van der Waals surface area contributed by atoms with Gasteiger partial charge in [-0.2, -0.15) is 0 Å². The van der Waals surface area contributed by atoms with Crippen LogP contribution in [0.3, 0.4) is 0 Å². The molecule has 1 amide bonds. The van der Waals surface area contributed by atoms with Gasteiger partial charge in [-0.3, -0.25) is 10.1 Å². The zero-order chi connectivity index (χ0) is 13.8. The molecule has 0 saturated heterocycles. The summed E-state index contributed by atoms with van der Waals surface area (Å²) in [6.45, 7) is 1.57. The number of benzene rings is 1. The molecule has 3 N–H and O–H groups in total. The van der Waals surface area contributed by atoms with Crippen molar-refractivity contribution in [2.24, 2.45) is 0 Å². The summed E-state index contributed by atoms with van der Waals surface area (Å²) >= 11 is 0. The molecule has 6 heteroatoms. The zero-order valence-corrected chi connectivity index (χ0v) is 10.9. The van der Waals surface area contributed by atoms with Gasteiger partial charge in [0, 0.05) is 24.5 Å². The molecule has 0 aliphatic carbocycles. The maximum absolute atomic E-state index is 12.3. The van der Waals surface area contributed by atoms with Crippen LogP contribution in [0.4, 0.5) is 0 Å². The number of nitrogens with one attached hydrogen (secondary N) is 3. The number of carbonyl (C=O) groups is 1. The fourth-order valence-electron chi connectivity index (χ4n) is 2.23. The number of ether oxygens (including phenoxy) is 1. The Labute approximate surface area is 116 Å². The number of imidazole rings is 1. The minimum atomic E-state index is -0.399. The van der Waals surface area contributed by atoms with Gasteiger partial charge >= 0.3 is 0 Å². The Morgan fingerprint density at radius 3 is 3.20 bits per heavy atom. The van der Waals surface area contributed by atoms with Gasteiger partial charge in [-0.05, 0) is 6.07 Å². The van der Waals surface area contributed by atoms with Gasteiger partial charge in [-0.1, -0.05) is 18.2 Å². The molecule has 1 aromatic heterocycles. The van der Waals surface area contributed by atoms with Crippen LogP contribution in [-0.2, 0) is 11.3 Å². The molecule has 1 unspecified atom stereocenters. The molecular weight excluding hydrogens is 256 g/mol. The lowest BCUT2D eigenvalue weighted by Crippen LogP contribution is -2.37. The highest BCUT2D eigenvalue weighted by Crippen LogP contribution is 2.26. The van der Waals surface area contributed by atoms with E-state index in [9.17, 15) is 4.79 Å². The zero-order valence-electron chi connectivity index (χ0n) is 10.9. The molecule has 0 saturated carbocycles. The first-order chi connectivity index (χ1) is 9.84. The fraction of sp³-hybridized carbons (Fsp3) is 0.286. The van der Waals surface area contributed by atoms with E-state index in [2.05, 4.69) is 20.6 Å². The second-order valence-electron chi connectivity index (χ2n) is 4.53. The van der Waals surface area contributed by atoms with Crippen molar-refractivity contribution in [2.45, 2.75) is 12.6 Å². The van der Waals surface area contributed by atoms with Crippen LogP contribution in [0.2, 0.25) is 0 Å². The number of carbonyl (C=O) groups excluding carboxylic acids is 1. The Kier molecular flexibility index (Phi) is 3.64. The number of aromatic amines is 1. The van der Waals surface area contributed by atoms with E-state index in [0.29, 0.717) is 19.7 Å². The third-order valence-electron chi connectivity index (χ3n) is 3.19. The Morgan fingerprint density at radius 1 is 1.45 bits per heavy atom. The SMILES string of the molecule is O=C(NCc1ncc[nH]1)C1NCCOc2ccccc21. The molecule has 0 bridgehead atoms. The molecule has 1 aliphatic rings. The van der Waals surface area contributed by atoms with E-state index in [1.807, 2.05) is 24.3 Å². The average Bonchev–Trinajstić information content (AvgIpc) is 2.90. The highest BCUT2D eigenvalue weighted by atomic mass is 16.5. The molecular formula is C14H16N4O2. The third-order valence-corrected chi connectivity index (χ3v) is 3.19. The largest absolute Gasteiger partial charge is 0.492 e. The highest BCUT2D eigenvalue weighted by Gasteiger charge is 2.25. The number of rotatable bonds is 3. The molecule has 1 aromatic carbocycles. The minimum Gasteiger partial charge on any atom is -0.492 e. The van der Waals surface area contributed by atoms with Crippen LogP contribution in [0.5, 0.6) is 5.75 Å². The van der Waals surface area contributed by atoms with E-state index in [0.717, 1.165) is 17.1 Å². The van der Waals surface area contributed by atoms with E-state index < -0.39 is 6.04 Å². The van der Waals surface area contributed by atoms with E-state index in [-0.39, 0.29) is 5.91 Å². The maximum atomic E-state index is 12.3. The van der Waals surface area contributed by atoms with Crippen molar-refractivity contribution in [1.29, 1.82) is 0 Å². The normalized spacial score (nSPS) is 17.7. The van der Waals surface area contributed by atoms with E-state index in [1.165, 1.54) is 0 Å². The summed E-state index contributed by atoms with van der Waals surface area (Å²) < 4.78 is 5.62. The molecule has 1 aliphatic heterocycles. The average molecular weight is 272 g/mol. The van der Waals surface area contributed by atoms with Crippen molar-refractivity contribution in [3.8, 4) is 5.75 Å². The van der Waals surface area contributed by atoms with Crippen LogP contribution in [0, 0.1) is 0 Å². The van der Waals surface area contributed by atoms with Gasteiger partial charge in [0.1, 0.15) is 24.2 Å². The summed E-state index contributed by atoms with van der Waals surface area (Å²) in [5.74, 6) is 1.41. The van der Waals surface area contributed by atoms with Crippen molar-refractivity contribution in [3.63, 3.8) is 0 Å². The Bertz CT molecular complexity index is 583. The van der Waals surface area contributed by atoms with Crippen molar-refractivity contribution in [2.75, 3.05) is 13.2 Å². The summed E-state index contributed by atoms with van der Waals surface area (Å²) in [6.07, 6.45) is 3.39. The Hall–Kier alpha value is -2.34. The summed E-state index contributed by atoms with van der Waals surface area (Å²) in [5.41, 5.74) is 0.863. The van der Waals surface area contributed by atoms with E-state index >= 15 is 0 Å². The van der Waals surface area contributed by atoms with Crippen LogP contribution in [0.15, 0.2) is 36.7 Å². The van der Waals surface area contributed by atoms with Crippen LogP contribution in [0.25, 0.3) is 0 Å². The van der Waals surface area contributed by atoms with Gasteiger partial charge in [-0.15, -0.1) is 0 Å². The number of amides is 1. The van der Waals surface area contributed by atoms with Crippen molar-refractivity contribution in [1.82, 2.24) is 20.6 Å². The van der Waals surface area contributed by atoms with Crippen LogP contribution >= 0.6 is 0 Å². The number of hydrogen-bond acceptors (Lipinski definition) is 4. The lowest BCUT2D eigenvalue weighted by molar-refractivity contribution is -0.123. The number of fused-ring (bicyclic) bond motifs is 1. The maximum Gasteiger partial charge on any atom is 0.242 e. The quantitative estimate of drug-likeness (QED) is 0.770. The minimum absolute atomic E-state index is 0.0839. The molecule has 1 atom stereocenters. The summed E-state index contributed by atoms with van der Waals surface area (Å²) in [7, 11) is 0. The Balaban J connectivity index is 1.73. The number of H-pyrrole nitrogens is 1. The van der Waals surface area contributed by atoms with Gasteiger partial charge in [-0.25, -0.2) is 4.98 Å². The Morgan fingerprint density at radius 2 is 2.35 bits per heavy atom. The molecule has 3 rings (SSSR count). The predicted octanol–water partition coefficient (Wildman–Crippen LogP) is 0.749. The van der Waals surface area contributed by atoms with Crippen LogP contribution in [-0.4, -0.2) is 29.0 Å². The van der Waals surface area contributed by atoms with Gasteiger partial charge < -0.3 is 15.0 Å². The fourth-order valence-corrected chi connectivity index (χ4v) is 2.23. The standard InChI is InChI=1S/C14H16N4O2/c19-14(18-9-12-15-5-6-16-12)13-10-3-1-2-4-11(10)20-8-7-17-13/h1-6,13,17H,7-9H2,(H,15,16)(H,18,19). The molecule has 2 heterocycles. The van der Waals surface area contributed by atoms with Crippen molar-refractivity contribution in [3.05, 3.63) is 48.0 Å². The van der Waals surface area contributed by atoms with Crippen molar-refractivity contribution < 1.29 is 9.53 Å². The lowest BCUT2D eigenvalue weighted by atomic mass is 10.1. The van der Waals surface area contributed by atoms with Crippen molar-refractivity contribution >= 4 is 5.91 Å². The van der Waals surface area contributed by atoms with Crippen LogP contribution in [0.1, 0.15) is 17.4 Å². The first-order valence-corrected chi connectivity index (χ1v) is 6.55.